The van der Waals surface area contributed by atoms with Crippen LogP contribution in [0.4, 0.5) is 13.6 Å². The van der Waals surface area contributed by atoms with Crippen molar-refractivity contribution in [2.45, 2.75) is 0 Å². The molecule has 0 saturated heterocycles. The van der Waals surface area contributed by atoms with Crippen LogP contribution in [-0.2, 0) is 9.53 Å². The Morgan fingerprint density at radius 1 is 1.25 bits per heavy atom. The molecule has 20 heavy (non-hydrogen) atoms. The van der Waals surface area contributed by atoms with Gasteiger partial charge in [-0.05, 0) is 18.2 Å². The van der Waals surface area contributed by atoms with E-state index >= 15 is 0 Å². The van der Waals surface area contributed by atoms with Crippen LogP contribution in [0.15, 0.2) is 33.8 Å². The minimum Gasteiger partial charge on any atom is -0.378 e. The van der Waals surface area contributed by atoms with E-state index in [4.69, 9.17) is 4.74 Å². The number of carbonyl (C=O) groups is 1. The molecule has 0 bridgehead atoms. The summed E-state index contributed by atoms with van der Waals surface area (Å²) in [5.74, 6) is -0.556. The van der Waals surface area contributed by atoms with E-state index in [9.17, 15) is 18.4 Å². The first kappa shape index (κ1) is 13.9. The van der Waals surface area contributed by atoms with Crippen molar-refractivity contribution in [3.05, 3.63) is 41.0 Å². The third-order valence-electron chi connectivity index (χ3n) is 2.54. The summed E-state index contributed by atoms with van der Waals surface area (Å²) in [7, 11) is 1.36. The largest absolute Gasteiger partial charge is 0.378 e. The Kier molecular flexibility index (Phi) is 3.93. The highest BCUT2D eigenvalue weighted by Gasteiger charge is 2.24. The smallest absolute Gasteiger partial charge is 0.368 e. The molecule has 2 rings (SSSR count). The number of ether oxygens (including phenoxy) is 1. The topological polar surface area (TPSA) is 68.1 Å². The van der Waals surface area contributed by atoms with Crippen molar-refractivity contribution in [3.8, 4) is 0 Å². The summed E-state index contributed by atoms with van der Waals surface area (Å²) in [5, 5.41) is 0. The van der Waals surface area contributed by atoms with Gasteiger partial charge in [-0.2, -0.15) is 9.98 Å². The average Bonchev–Trinajstić information content (AvgIpc) is 2.42. The number of methoxy groups -OCH3 is 1. The average molecular weight is 278 g/mol. The fraction of sp³-hybridized carbons (Fsp3) is 0.154. The van der Waals surface area contributed by atoms with Crippen LogP contribution in [0.2, 0.25) is 0 Å². The van der Waals surface area contributed by atoms with Crippen molar-refractivity contribution in [3.63, 3.8) is 0 Å². The molecule has 5 nitrogen and oxygen atoms in total. The molecule has 1 heterocycles. The van der Waals surface area contributed by atoms with Crippen molar-refractivity contribution in [1.29, 1.82) is 0 Å². The van der Waals surface area contributed by atoms with Crippen LogP contribution < -0.4 is 0 Å². The molecule has 1 aliphatic rings. The molecule has 1 aliphatic heterocycles. The number of hydrogen-bond donors (Lipinski definition) is 0. The Morgan fingerprint density at radius 3 is 2.60 bits per heavy atom. The van der Waals surface area contributed by atoms with Gasteiger partial charge in [0.15, 0.2) is 11.6 Å². The number of carbonyl (C=O) groups excluding carboxylic acids is 2. The Labute approximate surface area is 112 Å². The number of hydrogen-bond acceptors (Lipinski definition) is 3. The maximum Gasteiger partial charge on any atom is 0.368 e. The lowest BCUT2D eigenvalue weighted by Gasteiger charge is -2.13. The van der Waals surface area contributed by atoms with E-state index in [2.05, 4.69) is 9.98 Å². The van der Waals surface area contributed by atoms with Gasteiger partial charge < -0.3 is 4.74 Å². The van der Waals surface area contributed by atoms with Crippen LogP contribution in [0.5, 0.6) is 0 Å². The van der Waals surface area contributed by atoms with E-state index in [1.165, 1.54) is 13.2 Å². The Morgan fingerprint density at radius 2 is 2.00 bits per heavy atom. The monoisotopic (exact) mass is 278 g/mol. The molecule has 0 spiro atoms. The van der Waals surface area contributed by atoms with Gasteiger partial charge in [0.05, 0.1) is 18.0 Å². The zero-order valence-corrected chi connectivity index (χ0v) is 10.3. The second-order valence-corrected chi connectivity index (χ2v) is 3.84. The van der Waals surface area contributed by atoms with Crippen molar-refractivity contribution in [1.82, 2.24) is 0 Å². The predicted octanol–water partition coefficient (Wildman–Crippen LogP) is 1.73. The highest BCUT2D eigenvalue weighted by atomic mass is 19.2. The molecule has 1 aromatic rings. The van der Waals surface area contributed by atoms with Gasteiger partial charge in [-0.1, -0.05) is 0 Å². The molecular weight excluding hydrogens is 270 g/mol. The molecule has 0 N–H and O–H groups in total. The molecule has 0 aromatic heterocycles. The molecule has 0 fully saturated rings. The van der Waals surface area contributed by atoms with E-state index in [-0.39, 0.29) is 29.2 Å². The summed E-state index contributed by atoms with van der Waals surface area (Å²) < 4.78 is 31.0. The molecule has 0 aliphatic carbocycles. The van der Waals surface area contributed by atoms with Gasteiger partial charge in [0.25, 0.3) is 0 Å². The molecule has 0 saturated carbocycles. The van der Waals surface area contributed by atoms with Gasteiger partial charge in [0.2, 0.25) is 0 Å². The van der Waals surface area contributed by atoms with Crippen LogP contribution in [0, 0.1) is 11.6 Å². The number of amides is 2. The van der Waals surface area contributed by atoms with Crippen molar-refractivity contribution in [2.24, 2.45) is 9.98 Å². The Hall–Kier alpha value is -2.50. The summed E-state index contributed by atoms with van der Waals surface area (Å²) >= 11 is 0. The summed E-state index contributed by atoms with van der Waals surface area (Å²) in [5.41, 5.74) is -0.0928. The van der Waals surface area contributed by atoms with Crippen LogP contribution in [0.25, 0.3) is 0 Å². The van der Waals surface area contributed by atoms with Gasteiger partial charge >= 0.3 is 6.03 Å². The van der Waals surface area contributed by atoms with E-state index in [1.807, 2.05) is 0 Å². The van der Waals surface area contributed by atoms with Crippen LogP contribution in [0.1, 0.15) is 5.56 Å². The third-order valence-corrected chi connectivity index (χ3v) is 2.54. The SMILES string of the molecule is COCC1=NC(=O)N=C(c2ccc(F)c(F)c2)C1=C=O. The standard InChI is InChI=1S/C13H8F2N2O3/c1-20-6-11-8(5-18)12(17-13(19)16-11)7-2-3-9(14)10(15)4-7/h2-4H,6H2,1H3. The highest BCUT2D eigenvalue weighted by molar-refractivity contribution is 6.39. The maximum atomic E-state index is 13.2. The third kappa shape index (κ3) is 2.59. The second-order valence-electron chi connectivity index (χ2n) is 3.84. The minimum absolute atomic E-state index is 0.0437. The number of urea groups is 1. The zero-order chi connectivity index (χ0) is 14.7. The normalized spacial score (nSPS) is 14.8. The molecule has 102 valence electrons. The molecule has 0 atom stereocenters. The van der Waals surface area contributed by atoms with Gasteiger partial charge in [-0.25, -0.2) is 18.4 Å². The second kappa shape index (κ2) is 5.64. The molecule has 2 amide bonds. The first-order chi connectivity index (χ1) is 9.56. The van der Waals surface area contributed by atoms with Crippen molar-refractivity contribution >= 4 is 23.4 Å². The quantitative estimate of drug-likeness (QED) is 0.791. The van der Waals surface area contributed by atoms with Gasteiger partial charge in [-0.15, -0.1) is 0 Å². The molecule has 0 radical (unpaired) electrons. The first-order valence-corrected chi connectivity index (χ1v) is 5.47. The fourth-order valence-electron chi connectivity index (χ4n) is 1.69. The lowest BCUT2D eigenvalue weighted by Crippen LogP contribution is -2.25. The first-order valence-electron chi connectivity index (χ1n) is 5.47. The maximum absolute atomic E-state index is 13.2. The molecule has 0 unspecified atom stereocenters. The minimum atomic E-state index is -1.11. The van der Waals surface area contributed by atoms with E-state index in [0.29, 0.717) is 0 Å². The lowest BCUT2D eigenvalue weighted by atomic mass is 9.98. The van der Waals surface area contributed by atoms with Gasteiger partial charge in [0.1, 0.15) is 11.5 Å². The molecule has 1 aromatic carbocycles. The Balaban J connectivity index is 2.52. The fourth-order valence-corrected chi connectivity index (χ4v) is 1.69. The van der Waals surface area contributed by atoms with E-state index < -0.39 is 17.7 Å². The Bertz CT molecular complexity index is 689. The number of halogens is 2. The summed E-state index contributed by atoms with van der Waals surface area (Å²) in [6, 6.07) is 2.07. The van der Waals surface area contributed by atoms with Crippen molar-refractivity contribution in [2.75, 3.05) is 13.7 Å². The molecule has 7 heteroatoms. The predicted molar refractivity (Wildman–Crippen MR) is 66.8 cm³/mol. The van der Waals surface area contributed by atoms with Crippen LogP contribution in [-0.4, -0.2) is 37.1 Å². The summed E-state index contributed by atoms with van der Waals surface area (Å²) in [6.07, 6.45) is 0. The van der Waals surface area contributed by atoms with Crippen LogP contribution in [0.3, 0.4) is 0 Å². The van der Waals surface area contributed by atoms with Gasteiger partial charge in [-0.3, -0.25) is 0 Å². The van der Waals surface area contributed by atoms with Crippen molar-refractivity contribution < 1.29 is 23.1 Å². The summed E-state index contributed by atoms with van der Waals surface area (Å²) in [4.78, 5) is 29.5. The van der Waals surface area contributed by atoms with Crippen LogP contribution >= 0.6 is 0 Å². The molecular formula is C13H8F2N2O3. The number of nitrogens with zero attached hydrogens (tertiary/aromatic N) is 2. The summed E-state index contributed by atoms with van der Waals surface area (Å²) in [6.45, 7) is -0.0982. The number of aliphatic imine (C=N–C) groups is 2. The van der Waals surface area contributed by atoms with E-state index in [1.54, 1.807) is 5.94 Å². The highest BCUT2D eigenvalue weighted by Crippen LogP contribution is 2.17. The number of rotatable bonds is 3. The van der Waals surface area contributed by atoms with E-state index in [0.717, 1.165) is 12.1 Å². The number of benzene rings is 1. The zero-order valence-electron chi connectivity index (χ0n) is 10.3. The van der Waals surface area contributed by atoms with Gasteiger partial charge in [0, 0.05) is 12.7 Å². The lowest BCUT2D eigenvalue weighted by molar-refractivity contribution is 0.243.